The van der Waals surface area contributed by atoms with Crippen molar-refractivity contribution >= 4 is 11.9 Å². The summed E-state index contributed by atoms with van der Waals surface area (Å²) in [5.41, 5.74) is 0. The van der Waals surface area contributed by atoms with Crippen LogP contribution in [-0.4, -0.2) is 109 Å². The maximum atomic E-state index is 13.1. The molecule has 0 spiro atoms. The standard InChI is InChI=1S/C20H40N2O8/c1-10(2)21(11(3)4)18(22(12(5)6)13(7)8)20(29)30-9-14(23)15(24)16(25)17(26)19(27)28/h10-18,23-26H,9H2,1-8H3,(H,27,28)/t14-,15+,16+,17+/m1/s1. The molecule has 0 bridgehead atoms. The van der Waals surface area contributed by atoms with Crippen LogP contribution in [-0.2, 0) is 14.3 Å². The fraction of sp³-hybridized carbons (Fsp3) is 0.900. The van der Waals surface area contributed by atoms with Crippen LogP contribution in [0.5, 0.6) is 0 Å². The minimum atomic E-state index is -2.28. The van der Waals surface area contributed by atoms with E-state index in [9.17, 15) is 30.0 Å². The third-order valence-electron chi connectivity index (χ3n) is 4.88. The number of carbonyl (C=O) groups excluding carboxylic acids is 1. The minimum absolute atomic E-state index is 0.00518. The highest BCUT2D eigenvalue weighted by molar-refractivity contribution is 5.75. The van der Waals surface area contributed by atoms with E-state index in [1.54, 1.807) is 0 Å². The lowest BCUT2D eigenvalue weighted by Gasteiger charge is -2.46. The lowest BCUT2D eigenvalue weighted by atomic mass is 10.0. The molecule has 0 radical (unpaired) electrons. The molecule has 30 heavy (non-hydrogen) atoms. The molecule has 0 aromatic heterocycles. The van der Waals surface area contributed by atoms with Gasteiger partial charge in [0.25, 0.3) is 0 Å². The van der Waals surface area contributed by atoms with Crippen molar-refractivity contribution in [3.63, 3.8) is 0 Å². The predicted octanol–water partition coefficient (Wildman–Crippen LogP) is -0.378. The molecular formula is C20H40N2O8. The predicted molar refractivity (Wildman–Crippen MR) is 111 cm³/mol. The van der Waals surface area contributed by atoms with Crippen molar-refractivity contribution in [2.24, 2.45) is 0 Å². The Bertz CT molecular complexity index is 505. The minimum Gasteiger partial charge on any atom is -0.479 e. The van der Waals surface area contributed by atoms with Crippen molar-refractivity contribution in [1.29, 1.82) is 0 Å². The molecule has 4 atom stereocenters. The summed E-state index contributed by atoms with van der Waals surface area (Å²) in [6.45, 7) is 15.0. The van der Waals surface area contributed by atoms with Gasteiger partial charge < -0.3 is 30.3 Å². The fourth-order valence-electron chi connectivity index (χ4n) is 3.62. The number of aliphatic hydroxyl groups is 4. The van der Waals surface area contributed by atoms with Gasteiger partial charge in [-0.1, -0.05) is 0 Å². The zero-order chi connectivity index (χ0) is 23.9. The Morgan fingerprint density at radius 3 is 1.40 bits per heavy atom. The molecule has 5 N–H and O–H groups in total. The van der Waals surface area contributed by atoms with Gasteiger partial charge in [0.2, 0.25) is 0 Å². The van der Waals surface area contributed by atoms with Gasteiger partial charge in [0, 0.05) is 24.2 Å². The van der Waals surface area contributed by atoms with E-state index in [4.69, 9.17) is 9.84 Å². The molecule has 0 rings (SSSR count). The van der Waals surface area contributed by atoms with Gasteiger partial charge in [0.15, 0.2) is 12.3 Å². The number of hydrogen-bond acceptors (Lipinski definition) is 9. The molecule has 0 amide bonds. The topological polar surface area (TPSA) is 151 Å². The van der Waals surface area contributed by atoms with Gasteiger partial charge in [-0.25, -0.2) is 9.59 Å². The molecule has 178 valence electrons. The molecule has 0 fully saturated rings. The normalized spacial score (nSPS) is 16.8. The van der Waals surface area contributed by atoms with Crippen molar-refractivity contribution in [2.45, 2.75) is 110 Å². The largest absolute Gasteiger partial charge is 0.479 e. The number of aliphatic hydroxyl groups excluding tert-OH is 4. The van der Waals surface area contributed by atoms with Gasteiger partial charge >= 0.3 is 11.9 Å². The molecule has 0 heterocycles. The third-order valence-corrected chi connectivity index (χ3v) is 4.88. The van der Waals surface area contributed by atoms with Crippen LogP contribution in [0.25, 0.3) is 0 Å². The fourth-order valence-corrected chi connectivity index (χ4v) is 3.62. The van der Waals surface area contributed by atoms with Crippen molar-refractivity contribution in [1.82, 2.24) is 9.80 Å². The molecule has 0 aliphatic carbocycles. The number of esters is 1. The molecule has 0 aliphatic rings. The summed E-state index contributed by atoms with van der Waals surface area (Å²) in [5, 5.41) is 47.6. The van der Waals surface area contributed by atoms with E-state index in [0.717, 1.165) is 0 Å². The van der Waals surface area contributed by atoms with E-state index in [-0.39, 0.29) is 24.2 Å². The van der Waals surface area contributed by atoms with E-state index >= 15 is 0 Å². The Kier molecular flexibility index (Phi) is 12.0. The van der Waals surface area contributed by atoms with Crippen molar-refractivity contribution in [2.75, 3.05) is 6.61 Å². The number of carbonyl (C=O) groups is 2. The van der Waals surface area contributed by atoms with Crippen LogP contribution in [0.3, 0.4) is 0 Å². The Balaban J connectivity index is 5.55. The Labute approximate surface area is 179 Å². The van der Waals surface area contributed by atoms with E-state index in [1.165, 1.54) is 0 Å². The molecule has 0 unspecified atom stereocenters. The first-order chi connectivity index (χ1) is 13.6. The summed E-state index contributed by atoms with van der Waals surface area (Å²) in [4.78, 5) is 27.8. The number of ether oxygens (including phenoxy) is 1. The third kappa shape index (κ3) is 7.75. The van der Waals surface area contributed by atoms with Gasteiger partial charge in [-0.2, -0.15) is 0 Å². The molecule has 0 saturated heterocycles. The van der Waals surface area contributed by atoms with Crippen LogP contribution in [0, 0.1) is 0 Å². The van der Waals surface area contributed by atoms with E-state index in [2.05, 4.69) is 0 Å². The van der Waals surface area contributed by atoms with Crippen LogP contribution in [0.2, 0.25) is 0 Å². The maximum absolute atomic E-state index is 13.1. The van der Waals surface area contributed by atoms with Gasteiger partial charge in [-0.3, -0.25) is 9.80 Å². The maximum Gasteiger partial charge on any atom is 0.338 e. The Hall–Kier alpha value is -1.30. The number of aliphatic carboxylic acids is 1. The number of hydrogen-bond donors (Lipinski definition) is 5. The summed E-state index contributed by atoms with van der Waals surface area (Å²) >= 11 is 0. The SMILES string of the molecule is CC(C)N(C(C)C)C(C(=O)OC[C@@H](O)[C@H](O)[C@H](O)[C@H](O)C(=O)O)N(C(C)C)C(C)C. The second-order valence-corrected chi connectivity index (χ2v) is 8.60. The molecule has 0 aromatic carbocycles. The molecule has 0 aromatic rings. The molecule has 0 saturated carbocycles. The molecule has 10 heteroatoms. The summed E-state index contributed by atoms with van der Waals surface area (Å²) in [6, 6.07) is 0.0207. The van der Waals surface area contributed by atoms with Gasteiger partial charge in [-0.05, 0) is 55.4 Å². The monoisotopic (exact) mass is 436 g/mol. The number of nitrogens with zero attached hydrogens (tertiary/aromatic N) is 2. The van der Waals surface area contributed by atoms with Crippen LogP contribution in [0.15, 0.2) is 0 Å². The van der Waals surface area contributed by atoms with Crippen molar-refractivity contribution < 1.29 is 39.9 Å². The van der Waals surface area contributed by atoms with E-state index in [0.29, 0.717) is 0 Å². The van der Waals surface area contributed by atoms with Crippen molar-refractivity contribution in [3.05, 3.63) is 0 Å². The quantitative estimate of drug-likeness (QED) is 0.191. The molecule has 10 nitrogen and oxygen atoms in total. The first-order valence-electron chi connectivity index (χ1n) is 10.3. The smallest absolute Gasteiger partial charge is 0.338 e. The van der Waals surface area contributed by atoms with Gasteiger partial charge in [0.1, 0.15) is 24.9 Å². The zero-order valence-corrected chi connectivity index (χ0v) is 19.3. The van der Waals surface area contributed by atoms with Crippen LogP contribution in [0.4, 0.5) is 0 Å². The lowest BCUT2D eigenvalue weighted by Crippen LogP contribution is -2.62. The Morgan fingerprint density at radius 1 is 0.733 bits per heavy atom. The van der Waals surface area contributed by atoms with Crippen LogP contribution in [0.1, 0.15) is 55.4 Å². The lowest BCUT2D eigenvalue weighted by molar-refractivity contribution is -0.177. The first-order valence-corrected chi connectivity index (χ1v) is 10.3. The van der Waals surface area contributed by atoms with E-state index in [1.807, 2.05) is 65.2 Å². The Morgan fingerprint density at radius 2 is 1.10 bits per heavy atom. The number of carboxylic acids is 1. The van der Waals surface area contributed by atoms with Gasteiger partial charge in [-0.15, -0.1) is 0 Å². The average Bonchev–Trinajstić information content (AvgIpc) is 2.61. The average molecular weight is 437 g/mol. The van der Waals surface area contributed by atoms with Crippen molar-refractivity contribution in [3.8, 4) is 0 Å². The molecular weight excluding hydrogens is 396 g/mol. The van der Waals surface area contributed by atoms with Crippen LogP contribution < -0.4 is 0 Å². The highest BCUT2D eigenvalue weighted by Gasteiger charge is 2.40. The summed E-state index contributed by atoms with van der Waals surface area (Å²) in [7, 11) is 0. The zero-order valence-electron chi connectivity index (χ0n) is 19.3. The van der Waals surface area contributed by atoms with E-state index < -0.39 is 49.1 Å². The second-order valence-electron chi connectivity index (χ2n) is 8.60. The summed E-state index contributed by atoms with van der Waals surface area (Å²) < 4.78 is 5.27. The summed E-state index contributed by atoms with van der Waals surface area (Å²) in [6.07, 6.45) is -8.98. The van der Waals surface area contributed by atoms with Crippen LogP contribution >= 0.6 is 0 Å². The van der Waals surface area contributed by atoms with Gasteiger partial charge in [0.05, 0.1) is 0 Å². The molecule has 0 aliphatic heterocycles. The second kappa shape index (κ2) is 12.5. The number of rotatable bonds is 13. The highest BCUT2D eigenvalue weighted by atomic mass is 16.5. The number of carboxylic acid groups (broad SMARTS) is 1. The summed E-state index contributed by atoms with van der Waals surface area (Å²) in [5.74, 6) is -2.39. The highest BCUT2D eigenvalue weighted by Crippen LogP contribution is 2.21. The first kappa shape index (κ1) is 28.7.